The molecule has 0 aromatic heterocycles. The molecule has 1 heterocycles. The quantitative estimate of drug-likeness (QED) is 0.372. The van der Waals surface area contributed by atoms with E-state index in [4.69, 9.17) is 5.84 Å². The van der Waals surface area contributed by atoms with Gasteiger partial charge in [0, 0.05) is 12.6 Å². The Kier molecular flexibility index (Phi) is 2.45. The third kappa shape index (κ3) is 1.93. The van der Waals surface area contributed by atoms with Crippen LogP contribution in [0.25, 0.3) is 0 Å². The zero-order valence-electron chi connectivity index (χ0n) is 5.93. The first-order valence-electron chi connectivity index (χ1n) is 3.47. The lowest BCUT2D eigenvalue weighted by Crippen LogP contribution is -2.46. The second-order valence-corrected chi connectivity index (χ2v) is 2.77. The van der Waals surface area contributed by atoms with Gasteiger partial charge in [-0.05, 0) is 26.4 Å². The van der Waals surface area contributed by atoms with Crippen molar-refractivity contribution in [1.82, 2.24) is 10.3 Å². The Bertz CT molecular complexity index is 84.4. The minimum atomic E-state index is 0.517. The molecule has 1 saturated heterocycles. The average Bonchev–Trinajstić information content (AvgIpc) is 1.88. The topological polar surface area (TPSA) is 41.3 Å². The summed E-state index contributed by atoms with van der Waals surface area (Å²) in [7, 11) is 2.13. The molecule has 54 valence electrons. The maximum atomic E-state index is 5.29. The van der Waals surface area contributed by atoms with Crippen molar-refractivity contribution < 1.29 is 0 Å². The molecule has 3 heteroatoms. The van der Waals surface area contributed by atoms with Gasteiger partial charge in [-0.15, -0.1) is 0 Å². The van der Waals surface area contributed by atoms with Crippen LogP contribution in [-0.2, 0) is 0 Å². The molecule has 1 aliphatic rings. The van der Waals surface area contributed by atoms with Crippen molar-refractivity contribution >= 4 is 0 Å². The maximum Gasteiger partial charge on any atom is 0.0338 e. The monoisotopic (exact) mass is 129 g/mol. The summed E-state index contributed by atoms with van der Waals surface area (Å²) in [5.41, 5.74) is 2.79. The predicted molar refractivity (Wildman–Crippen MR) is 37.8 cm³/mol. The molecule has 0 aromatic carbocycles. The highest BCUT2D eigenvalue weighted by molar-refractivity contribution is 4.73. The minimum Gasteiger partial charge on any atom is -0.305 e. The summed E-state index contributed by atoms with van der Waals surface area (Å²) >= 11 is 0. The molecule has 1 rings (SSSR count). The fourth-order valence-corrected chi connectivity index (χ4v) is 1.30. The standard InChI is InChI=1S/C6H15N3/c1-9-4-2-3-6(5-9)8-7/h6,8H,2-5,7H2,1H3/t6-/m0/s1. The molecule has 0 unspecified atom stereocenters. The summed E-state index contributed by atoms with van der Waals surface area (Å²) in [6, 6.07) is 0.517. The van der Waals surface area contributed by atoms with Crippen molar-refractivity contribution in [3.8, 4) is 0 Å². The lowest BCUT2D eigenvalue weighted by molar-refractivity contribution is 0.228. The summed E-state index contributed by atoms with van der Waals surface area (Å²) < 4.78 is 0. The molecule has 0 spiro atoms. The van der Waals surface area contributed by atoms with Crippen molar-refractivity contribution in [2.75, 3.05) is 20.1 Å². The van der Waals surface area contributed by atoms with E-state index in [0.717, 1.165) is 6.54 Å². The third-order valence-electron chi connectivity index (χ3n) is 1.86. The van der Waals surface area contributed by atoms with Gasteiger partial charge < -0.3 is 4.90 Å². The Hall–Kier alpha value is -0.120. The zero-order chi connectivity index (χ0) is 6.69. The number of rotatable bonds is 1. The molecule has 1 atom stereocenters. The van der Waals surface area contributed by atoms with Crippen molar-refractivity contribution in [3.63, 3.8) is 0 Å². The van der Waals surface area contributed by atoms with Gasteiger partial charge in [-0.2, -0.15) is 0 Å². The summed E-state index contributed by atoms with van der Waals surface area (Å²) in [6.45, 7) is 2.31. The van der Waals surface area contributed by atoms with Gasteiger partial charge >= 0.3 is 0 Å². The molecule has 0 bridgehead atoms. The third-order valence-corrected chi connectivity index (χ3v) is 1.86. The van der Waals surface area contributed by atoms with E-state index in [1.54, 1.807) is 0 Å². The van der Waals surface area contributed by atoms with Crippen LogP contribution >= 0.6 is 0 Å². The van der Waals surface area contributed by atoms with Gasteiger partial charge in [-0.3, -0.25) is 11.3 Å². The molecule has 1 fully saturated rings. The first kappa shape index (κ1) is 6.99. The van der Waals surface area contributed by atoms with Crippen molar-refractivity contribution in [1.29, 1.82) is 0 Å². The predicted octanol–water partition coefficient (Wildman–Crippen LogP) is -0.456. The van der Waals surface area contributed by atoms with Crippen molar-refractivity contribution in [3.05, 3.63) is 0 Å². The van der Waals surface area contributed by atoms with E-state index in [0.29, 0.717) is 6.04 Å². The molecule has 3 nitrogen and oxygen atoms in total. The highest BCUT2D eigenvalue weighted by atomic mass is 15.3. The summed E-state index contributed by atoms with van der Waals surface area (Å²) in [5.74, 6) is 5.29. The molecule has 0 radical (unpaired) electrons. The number of hydrogen-bond donors (Lipinski definition) is 2. The first-order chi connectivity index (χ1) is 4.33. The van der Waals surface area contributed by atoms with E-state index in [-0.39, 0.29) is 0 Å². The smallest absolute Gasteiger partial charge is 0.0338 e. The van der Waals surface area contributed by atoms with Crippen LogP contribution in [0.1, 0.15) is 12.8 Å². The Balaban J connectivity index is 2.23. The largest absolute Gasteiger partial charge is 0.305 e. The van der Waals surface area contributed by atoms with Crippen LogP contribution in [0, 0.1) is 0 Å². The summed E-state index contributed by atoms with van der Waals surface area (Å²) in [6.07, 6.45) is 2.49. The number of nitrogens with zero attached hydrogens (tertiary/aromatic N) is 1. The highest BCUT2D eigenvalue weighted by Crippen LogP contribution is 2.05. The van der Waals surface area contributed by atoms with E-state index in [9.17, 15) is 0 Å². The fourth-order valence-electron chi connectivity index (χ4n) is 1.30. The lowest BCUT2D eigenvalue weighted by atomic mass is 10.1. The van der Waals surface area contributed by atoms with Gasteiger partial charge in [0.05, 0.1) is 0 Å². The summed E-state index contributed by atoms with van der Waals surface area (Å²) in [4.78, 5) is 2.30. The van der Waals surface area contributed by atoms with E-state index in [1.165, 1.54) is 19.4 Å². The fraction of sp³-hybridized carbons (Fsp3) is 1.00. The van der Waals surface area contributed by atoms with Gasteiger partial charge in [0.15, 0.2) is 0 Å². The van der Waals surface area contributed by atoms with Crippen LogP contribution in [0.2, 0.25) is 0 Å². The molecule has 0 amide bonds. The normalized spacial score (nSPS) is 30.7. The Morgan fingerprint density at radius 2 is 2.44 bits per heavy atom. The van der Waals surface area contributed by atoms with E-state index in [1.807, 2.05) is 0 Å². The van der Waals surface area contributed by atoms with E-state index >= 15 is 0 Å². The van der Waals surface area contributed by atoms with Gasteiger partial charge in [0.1, 0.15) is 0 Å². The number of piperidine rings is 1. The van der Waals surface area contributed by atoms with E-state index in [2.05, 4.69) is 17.4 Å². The second kappa shape index (κ2) is 3.15. The van der Waals surface area contributed by atoms with Gasteiger partial charge in [0.2, 0.25) is 0 Å². The van der Waals surface area contributed by atoms with Crippen molar-refractivity contribution in [2.24, 2.45) is 5.84 Å². The lowest BCUT2D eigenvalue weighted by Gasteiger charge is -2.28. The maximum absolute atomic E-state index is 5.29. The number of hydrazine groups is 1. The van der Waals surface area contributed by atoms with Crippen LogP contribution in [0.5, 0.6) is 0 Å². The van der Waals surface area contributed by atoms with Crippen LogP contribution < -0.4 is 11.3 Å². The molecule has 3 N–H and O–H groups in total. The van der Waals surface area contributed by atoms with Crippen LogP contribution in [-0.4, -0.2) is 31.1 Å². The van der Waals surface area contributed by atoms with Crippen LogP contribution in [0.3, 0.4) is 0 Å². The molecular formula is C6H15N3. The molecule has 1 aliphatic heterocycles. The van der Waals surface area contributed by atoms with Crippen LogP contribution in [0.4, 0.5) is 0 Å². The highest BCUT2D eigenvalue weighted by Gasteiger charge is 2.14. The van der Waals surface area contributed by atoms with Crippen molar-refractivity contribution in [2.45, 2.75) is 18.9 Å². The Labute approximate surface area is 56.2 Å². The number of likely N-dealkylation sites (tertiary alicyclic amines) is 1. The molecule has 0 aromatic rings. The Morgan fingerprint density at radius 3 is 2.89 bits per heavy atom. The number of hydrogen-bond acceptors (Lipinski definition) is 3. The molecule has 9 heavy (non-hydrogen) atoms. The minimum absolute atomic E-state index is 0.517. The second-order valence-electron chi connectivity index (χ2n) is 2.77. The summed E-state index contributed by atoms with van der Waals surface area (Å²) in [5, 5.41) is 0. The average molecular weight is 129 g/mol. The molecule has 0 aliphatic carbocycles. The van der Waals surface area contributed by atoms with Crippen LogP contribution in [0.15, 0.2) is 0 Å². The molecular weight excluding hydrogens is 114 g/mol. The first-order valence-corrected chi connectivity index (χ1v) is 3.47. The van der Waals surface area contributed by atoms with Gasteiger partial charge in [-0.1, -0.05) is 0 Å². The van der Waals surface area contributed by atoms with Gasteiger partial charge in [-0.25, -0.2) is 0 Å². The zero-order valence-corrected chi connectivity index (χ0v) is 5.93. The Morgan fingerprint density at radius 1 is 1.67 bits per heavy atom. The van der Waals surface area contributed by atoms with E-state index < -0.39 is 0 Å². The number of nitrogens with one attached hydrogen (secondary N) is 1. The van der Waals surface area contributed by atoms with Gasteiger partial charge in [0.25, 0.3) is 0 Å². The molecule has 0 saturated carbocycles. The number of likely N-dealkylation sites (N-methyl/N-ethyl adjacent to an activating group) is 1. The number of nitrogens with two attached hydrogens (primary N) is 1. The SMILES string of the molecule is CN1CCC[C@H](NN)C1.